The van der Waals surface area contributed by atoms with E-state index in [9.17, 15) is 13.4 Å². The van der Waals surface area contributed by atoms with Gasteiger partial charge in [0.2, 0.25) is 11.3 Å². The molecule has 0 saturated carbocycles. The number of nitrogens with zero attached hydrogens (tertiary/aromatic N) is 2. The molecule has 0 radical (unpaired) electrons. The molecule has 7 nitrogen and oxygen atoms in total. The highest BCUT2D eigenvalue weighted by Gasteiger charge is 2.19. The van der Waals surface area contributed by atoms with Crippen LogP contribution in [0.5, 0.6) is 0 Å². The molecule has 1 saturated heterocycles. The Labute approximate surface area is 198 Å². The molecule has 3 aromatic rings. The van der Waals surface area contributed by atoms with Crippen molar-refractivity contribution in [3.05, 3.63) is 70.1 Å². The van der Waals surface area contributed by atoms with Gasteiger partial charge in [-0.15, -0.1) is 0 Å². The summed E-state index contributed by atoms with van der Waals surface area (Å²) < 4.78 is 36.1. The van der Waals surface area contributed by atoms with E-state index in [-0.39, 0.29) is 22.9 Å². The molecule has 1 aliphatic rings. The van der Waals surface area contributed by atoms with E-state index in [4.69, 9.17) is 16.2 Å². The van der Waals surface area contributed by atoms with Crippen molar-refractivity contribution >= 4 is 45.2 Å². The standard InChI is InChI=1S/C23H24ClFN4O3S/c24-22-15(2-1-5-28-33(31)32)11-18(25)13-20(22)23(30)16-3-4-21-17(10-16)12-19(14-27-21)29-8-6-26-7-9-29/h3-4,10-14,26,28H,1-2,5-9H2,(H,31,32). The van der Waals surface area contributed by atoms with Crippen LogP contribution in [-0.4, -0.2) is 52.3 Å². The van der Waals surface area contributed by atoms with E-state index in [1.807, 2.05) is 12.3 Å². The van der Waals surface area contributed by atoms with E-state index >= 15 is 0 Å². The summed E-state index contributed by atoms with van der Waals surface area (Å²) >= 11 is 4.36. The molecule has 0 amide bonds. The predicted octanol–water partition coefficient (Wildman–Crippen LogP) is 3.33. The van der Waals surface area contributed by atoms with Gasteiger partial charge in [-0.2, -0.15) is 0 Å². The fraction of sp³-hybridized carbons (Fsp3) is 0.304. The Morgan fingerprint density at radius 3 is 2.79 bits per heavy atom. The van der Waals surface area contributed by atoms with E-state index < -0.39 is 17.1 Å². The number of nitrogens with one attached hydrogen (secondary N) is 2. The van der Waals surface area contributed by atoms with E-state index in [1.54, 1.807) is 18.2 Å². The van der Waals surface area contributed by atoms with Crippen LogP contribution in [0.1, 0.15) is 27.9 Å². The lowest BCUT2D eigenvalue weighted by Crippen LogP contribution is -2.43. The van der Waals surface area contributed by atoms with Crippen LogP contribution in [-0.2, 0) is 17.7 Å². The van der Waals surface area contributed by atoms with Gasteiger partial charge in [0.15, 0.2) is 5.78 Å². The average molecular weight is 491 g/mol. The first-order valence-electron chi connectivity index (χ1n) is 10.6. The van der Waals surface area contributed by atoms with Crippen molar-refractivity contribution in [2.75, 3.05) is 37.6 Å². The van der Waals surface area contributed by atoms with Crippen LogP contribution < -0.4 is 14.9 Å². The summed E-state index contributed by atoms with van der Waals surface area (Å²) in [6.07, 6.45) is 2.66. The third-order valence-corrected chi connectivity index (χ3v) is 6.51. The Morgan fingerprint density at radius 2 is 2.03 bits per heavy atom. The first-order chi connectivity index (χ1) is 15.9. The fourth-order valence-electron chi connectivity index (χ4n) is 3.94. The summed E-state index contributed by atoms with van der Waals surface area (Å²) in [5.41, 5.74) is 2.74. The maximum absolute atomic E-state index is 14.3. The first kappa shape index (κ1) is 23.7. The molecule has 0 aliphatic carbocycles. The topological polar surface area (TPSA) is 94.6 Å². The van der Waals surface area contributed by atoms with Crippen molar-refractivity contribution in [2.45, 2.75) is 12.8 Å². The van der Waals surface area contributed by atoms with Crippen LogP contribution in [0, 0.1) is 5.82 Å². The first-order valence-corrected chi connectivity index (χ1v) is 12.1. The van der Waals surface area contributed by atoms with Crippen molar-refractivity contribution in [1.29, 1.82) is 0 Å². The minimum atomic E-state index is -2.11. The van der Waals surface area contributed by atoms with Gasteiger partial charge < -0.3 is 10.2 Å². The Kier molecular flexibility index (Phi) is 7.67. The number of halogens is 2. The number of aryl methyl sites for hydroxylation is 1. The van der Waals surface area contributed by atoms with Gasteiger partial charge in [0.1, 0.15) is 5.82 Å². The van der Waals surface area contributed by atoms with Crippen LogP contribution in [0.4, 0.5) is 10.1 Å². The van der Waals surface area contributed by atoms with Gasteiger partial charge in [0, 0.05) is 49.2 Å². The van der Waals surface area contributed by atoms with Gasteiger partial charge in [-0.25, -0.2) is 13.3 Å². The normalized spacial score (nSPS) is 15.1. The molecule has 3 N–H and O–H groups in total. The van der Waals surface area contributed by atoms with Crippen molar-refractivity contribution in [2.24, 2.45) is 0 Å². The van der Waals surface area contributed by atoms with Gasteiger partial charge >= 0.3 is 0 Å². The van der Waals surface area contributed by atoms with Crippen molar-refractivity contribution in [3.63, 3.8) is 0 Å². The second-order valence-electron chi connectivity index (χ2n) is 7.84. The van der Waals surface area contributed by atoms with E-state index in [0.29, 0.717) is 24.0 Å². The van der Waals surface area contributed by atoms with Gasteiger partial charge in [0.25, 0.3) is 0 Å². The number of ketones is 1. The molecule has 174 valence electrons. The molecule has 1 unspecified atom stereocenters. The van der Waals surface area contributed by atoms with E-state index in [1.165, 1.54) is 6.07 Å². The summed E-state index contributed by atoms with van der Waals surface area (Å²) in [5, 5.41) is 4.34. The fourth-order valence-corrected chi connectivity index (χ4v) is 4.55. The van der Waals surface area contributed by atoms with Crippen molar-refractivity contribution < 1.29 is 17.9 Å². The lowest BCUT2D eigenvalue weighted by Gasteiger charge is -2.29. The molecule has 1 fully saturated rings. The highest BCUT2D eigenvalue weighted by Crippen LogP contribution is 2.28. The number of hydrogen-bond acceptors (Lipinski definition) is 5. The third-order valence-electron chi connectivity index (χ3n) is 5.62. The maximum atomic E-state index is 14.3. The second-order valence-corrected chi connectivity index (χ2v) is 9.01. The molecular weight excluding hydrogens is 467 g/mol. The molecule has 4 rings (SSSR count). The van der Waals surface area contributed by atoms with Crippen LogP contribution in [0.25, 0.3) is 10.9 Å². The van der Waals surface area contributed by atoms with Crippen LogP contribution in [0.15, 0.2) is 42.6 Å². The number of pyridine rings is 1. The highest BCUT2D eigenvalue weighted by atomic mass is 35.5. The summed E-state index contributed by atoms with van der Waals surface area (Å²) in [4.78, 5) is 20.0. The Morgan fingerprint density at radius 1 is 1.24 bits per heavy atom. The largest absolute Gasteiger partial charge is 0.368 e. The SMILES string of the molecule is O=C(c1ccc2ncc(N3CCNCC3)cc2c1)c1cc(F)cc(CCCNS(=O)O)c1Cl. The third kappa shape index (κ3) is 5.74. The Balaban J connectivity index is 1.60. The minimum Gasteiger partial charge on any atom is -0.368 e. The smallest absolute Gasteiger partial charge is 0.231 e. The highest BCUT2D eigenvalue weighted by molar-refractivity contribution is 7.77. The Bertz CT molecular complexity index is 1200. The molecule has 1 aromatic heterocycles. The number of hydrogen-bond donors (Lipinski definition) is 3. The van der Waals surface area contributed by atoms with E-state index in [2.05, 4.69) is 19.9 Å². The number of fused-ring (bicyclic) bond motifs is 1. The summed E-state index contributed by atoms with van der Waals surface area (Å²) in [7, 11) is 0. The number of carbonyl (C=O) groups is 1. The number of benzene rings is 2. The van der Waals surface area contributed by atoms with Crippen LogP contribution in [0.2, 0.25) is 5.02 Å². The number of aromatic nitrogens is 1. The molecule has 2 heterocycles. The monoisotopic (exact) mass is 490 g/mol. The summed E-state index contributed by atoms with van der Waals surface area (Å²) in [5.74, 6) is -0.926. The van der Waals surface area contributed by atoms with Crippen molar-refractivity contribution in [3.8, 4) is 0 Å². The second kappa shape index (κ2) is 10.7. The van der Waals surface area contributed by atoms with Gasteiger partial charge in [-0.3, -0.25) is 14.3 Å². The quantitative estimate of drug-likeness (QED) is 0.255. The van der Waals surface area contributed by atoms with Gasteiger partial charge in [0.05, 0.1) is 22.4 Å². The molecule has 10 heteroatoms. The number of carbonyl (C=O) groups excluding carboxylic acids is 1. The van der Waals surface area contributed by atoms with Gasteiger partial charge in [-0.05, 0) is 54.8 Å². The summed E-state index contributed by atoms with van der Waals surface area (Å²) in [6.45, 7) is 3.84. The van der Waals surface area contributed by atoms with Gasteiger partial charge in [-0.1, -0.05) is 11.6 Å². The average Bonchev–Trinajstić information content (AvgIpc) is 2.83. The minimum absolute atomic E-state index is 0.0935. The molecular formula is C23H24ClFN4O3S. The predicted molar refractivity (Wildman–Crippen MR) is 129 cm³/mol. The van der Waals surface area contributed by atoms with Crippen LogP contribution >= 0.6 is 11.6 Å². The molecule has 0 spiro atoms. The lowest BCUT2D eigenvalue weighted by molar-refractivity contribution is 0.103. The zero-order valence-corrected chi connectivity index (χ0v) is 19.4. The van der Waals surface area contributed by atoms with Crippen LogP contribution in [0.3, 0.4) is 0 Å². The molecule has 1 aliphatic heterocycles. The molecule has 1 atom stereocenters. The summed E-state index contributed by atoms with van der Waals surface area (Å²) in [6, 6.07) is 9.66. The maximum Gasteiger partial charge on any atom is 0.231 e. The zero-order valence-electron chi connectivity index (χ0n) is 17.8. The zero-order chi connectivity index (χ0) is 23.4. The number of rotatable bonds is 8. The lowest BCUT2D eigenvalue weighted by atomic mass is 9.98. The Hall–Kier alpha value is -2.43. The molecule has 2 aromatic carbocycles. The van der Waals surface area contributed by atoms with Crippen molar-refractivity contribution in [1.82, 2.24) is 15.0 Å². The van der Waals surface area contributed by atoms with E-state index in [0.717, 1.165) is 48.8 Å². The number of piperazine rings is 1. The molecule has 33 heavy (non-hydrogen) atoms. The molecule has 0 bridgehead atoms. The number of anilines is 1.